The zero-order valence-corrected chi connectivity index (χ0v) is 10.3. The molecule has 0 aromatic heterocycles. The van der Waals surface area contributed by atoms with Gasteiger partial charge in [-0.15, -0.1) is 0 Å². The van der Waals surface area contributed by atoms with Crippen molar-refractivity contribution in [1.29, 1.82) is 5.26 Å². The Bertz CT molecular complexity index is 627. The molecular weight excluding hydrogens is 242 g/mol. The molecule has 94 valence electrons. The van der Waals surface area contributed by atoms with Crippen molar-refractivity contribution in [1.82, 2.24) is 0 Å². The van der Waals surface area contributed by atoms with Crippen LogP contribution in [0.4, 0.5) is 0 Å². The zero-order chi connectivity index (χ0) is 13.7. The molecule has 4 nitrogen and oxygen atoms in total. The van der Waals surface area contributed by atoms with E-state index in [0.29, 0.717) is 22.6 Å². The molecular formula is C15H11NO3. The number of nitriles is 1. The molecule has 4 heteroatoms. The Labute approximate surface area is 110 Å². The Kier molecular flexibility index (Phi) is 3.79. The summed E-state index contributed by atoms with van der Waals surface area (Å²) < 4.78 is 10.3. The first-order valence-corrected chi connectivity index (χ1v) is 5.60. The van der Waals surface area contributed by atoms with E-state index in [4.69, 9.17) is 14.7 Å². The van der Waals surface area contributed by atoms with Gasteiger partial charge in [0.05, 0.1) is 24.3 Å². The van der Waals surface area contributed by atoms with Crippen LogP contribution in [0, 0.1) is 11.3 Å². The summed E-state index contributed by atoms with van der Waals surface area (Å²) in [7, 11) is 1.51. The molecule has 0 aliphatic carbocycles. The predicted octanol–water partition coefficient (Wildman–Crippen LogP) is 2.79. The van der Waals surface area contributed by atoms with Crippen LogP contribution in [0.5, 0.6) is 11.5 Å². The minimum Gasteiger partial charge on any atom is -0.493 e. The van der Waals surface area contributed by atoms with Gasteiger partial charge in [-0.25, -0.2) is 4.79 Å². The van der Waals surface area contributed by atoms with Gasteiger partial charge in [0, 0.05) is 0 Å². The molecule has 0 heterocycles. The average Bonchev–Trinajstić information content (AvgIpc) is 2.48. The fourth-order valence-electron chi connectivity index (χ4n) is 1.54. The molecule has 0 spiro atoms. The van der Waals surface area contributed by atoms with E-state index >= 15 is 0 Å². The van der Waals surface area contributed by atoms with E-state index in [9.17, 15) is 4.79 Å². The van der Waals surface area contributed by atoms with Gasteiger partial charge in [-0.1, -0.05) is 12.1 Å². The molecule has 2 rings (SSSR count). The van der Waals surface area contributed by atoms with Gasteiger partial charge >= 0.3 is 5.97 Å². The van der Waals surface area contributed by atoms with Crippen LogP contribution in [0.15, 0.2) is 48.5 Å². The lowest BCUT2D eigenvalue weighted by atomic mass is 10.1. The minimum atomic E-state index is -0.492. The maximum atomic E-state index is 11.9. The van der Waals surface area contributed by atoms with Crippen molar-refractivity contribution in [2.75, 3.05) is 7.11 Å². The van der Waals surface area contributed by atoms with Crippen LogP contribution < -0.4 is 9.47 Å². The number of benzene rings is 2. The molecule has 2 aromatic rings. The van der Waals surface area contributed by atoms with Crippen molar-refractivity contribution >= 4 is 5.97 Å². The Morgan fingerprint density at radius 2 is 1.68 bits per heavy atom. The first kappa shape index (κ1) is 12.7. The standard InChI is InChI=1S/C15H11NO3/c1-18-13-4-2-3-5-14(13)19-15(17)12-8-6-11(10-16)7-9-12/h2-9H,1H3. The molecule has 0 atom stereocenters. The molecule has 0 aliphatic heterocycles. The van der Waals surface area contributed by atoms with Crippen LogP contribution in [0.25, 0.3) is 0 Å². The van der Waals surface area contributed by atoms with Crippen LogP contribution in [0.2, 0.25) is 0 Å². The average molecular weight is 253 g/mol. The number of para-hydroxylation sites is 2. The Morgan fingerprint density at radius 3 is 2.26 bits per heavy atom. The highest BCUT2D eigenvalue weighted by atomic mass is 16.6. The van der Waals surface area contributed by atoms with Crippen LogP contribution in [0.1, 0.15) is 15.9 Å². The van der Waals surface area contributed by atoms with Crippen molar-refractivity contribution in [3.63, 3.8) is 0 Å². The van der Waals surface area contributed by atoms with E-state index in [1.807, 2.05) is 6.07 Å². The molecule has 0 saturated heterocycles. The Hall–Kier alpha value is -2.80. The summed E-state index contributed by atoms with van der Waals surface area (Å²) in [6, 6.07) is 15.1. The number of hydrogen-bond acceptors (Lipinski definition) is 4. The topological polar surface area (TPSA) is 59.3 Å². The lowest BCUT2D eigenvalue weighted by Crippen LogP contribution is -2.09. The molecule has 0 radical (unpaired) electrons. The fourth-order valence-corrected chi connectivity index (χ4v) is 1.54. The molecule has 0 fully saturated rings. The van der Waals surface area contributed by atoms with Gasteiger partial charge in [-0.3, -0.25) is 0 Å². The maximum Gasteiger partial charge on any atom is 0.343 e. The van der Waals surface area contributed by atoms with E-state index in [1.54, 1.807) is 48.5 Å². The zero-order valence-electron chi connectivity index (χ0n) is 10.3. The molecule has 0 aliphatic rings. The van der Waals surface area contributed by atoms with Gasteiger partial charge in [-0.2, -0.15) is 5.26 Å². The van der Waals surface area contributed by atoms with E-state index in [1.165, 1.54) is 7.11 Å². The van der Waals surface area contributed by atoms with Crippen molar-refractivity contribution < 1.29 is 14.3 Å². The number of hydrogen-bond donors (Lipinski definition) is 0. The van der Waals surface area contributed by atoms with Gasteiger partial charge < -0.3 is 9.47 Å². The minimum absolute atomic E-state index is 0.361. The van der Waals surface area contributed by atoms with Gasteiger partial charge in [0.2, 0.25) is 0 Å². The number of carbonyl (C=O) groups is 1. The van der Waals surface area contributed by atoms with Crippen LogP contribution >= 0.6 is 0 Å². The Balaban J connectivity index is 2.18. The second-order valence-electron chi connectivity index (χ2n) is 3.73. The second-order valence-corrected chi connectivity index (χ2v) is 3.73. The summed E-state index contributed by atoms with van der Waals surface area (Å²) >= 11 is 0. The van der Waals surface area contributed by atoms with Gasteiger partial charge in [0.25, 0.3) is 0 Å². The van der Waals surface area contributed by atoms with Crippen molar-refractivity contribution in [3.8, 4) is 17.6 Å². The van der Waals surface area contributed by atoms with Crippen LogP contribution in [0.3, 0.4) is 0 Å². The van der Waals surface area contributed by atoms with E-state index < -0.39 is 5.97 Å². The number of ether oxygens (including phenoxy) is 2. The third-order valence-electron chi connectivity index (χ3n) is 2.52. The first-order chi connectivity index (χ1) is 9.24. The third kappa shape index (κ3) is 2.90. The van der Waals surface area contributed by atoms with E-state index in [2.05, 4.69) is 0 Å². The molecule has 0 amide bonds. The summed E-state index contributed by atoms with van der Waals surface area (Å²) in [6.07, 6.45) is 0. The lowest BCUT2D eigenvalue weighted by molar-refractivity contribution is 0.0730. The van der Waals surface area contributed by atoms with Crippen LogP contribution in [-0.4, -0.2) is 13.1 Å². The monoisotopic (exact) mass is 253 g/mol. The van der Waals surface area contributed by atoms with Crippen molar-refractivity contribution in [2.45, 2.75) is 0 Å². The number of carbonyl (C=O) groups excluding carboxylic acids is 1. The summed E-state index contributed by atoms with van der Waals surface area (Å²) in [6.45, 7) is 0. The maximum absolute atomic E-state index is 11.9. The summed E-state index contributed by atoms with van der Waals surface area (Å²) in [5.41, 5.74) is 0.874. The summed E-state index contributed by atoms with van der Waals surface area (Å²) in [5.74, 6) is 0.359. The van der Waals surface area contributed by atoms with Gasteiger partial charge in [-0.05, 0) is 36.4 Å². The number of esters is 1. The first-order valence-electron chi connectivity index (χ1n) is 5.60. The third-order valence-corrected chi connectivity index (χ3v) is 2.52. The highest BCUT2D eigenvalue weighted by molar-refractivity contribution is 5.91. The Morgan fingerprint density at radius 1 is 1.05 bits per heavy atom. The van der Waals surface area contributed by atoms with Gasteiger partial charge in [0.15, 0.2) is 11.5 Å². The normalized spacial score (nSPS) is 9.47. The summed E-state index contributed by atoms with van der Waals surface area (Å²) in [4.78, 5) is 11.9. The molecule has 19 heavy (non-hydrogen) atoms. The number of nitrogens with zero attached hydrogens (tertiary/aromatic N) is 1. The fraction of sp³-hybridized carbons (Fsp3) is 0.0667. The van der Waals surface area contributed by atoms with Crippen molar-refractivity contribution in [3.05, 3.63) is 59.7 Å². The highest BCUT2D eigenvalue weighted by Crippen LogP contribution is 2.26. The smallest absolute Gasteiger partial charge is 0.343 e. The molecule has 0 bridgehead atoms. The lowest BCUT2D eigenvalue weighted by Gasteiger charge is -2.08. The molecule has 0 unspecified atom stereocenters. The number of methoxy groups -OCH3 is 1. The predicted molar refractivity (Wildman–Crippen MR) is 69.1 cm³/mol. The van der Waals surface area contributed by atoms with Gasteiger partial charge in [0.1, 0.15) is 0 Å². The largest absolute Gasteiger partial charge is 0.493 e. The SMILES string of the molecule is COc1ccccc1OC(=O)c1ccc(C#N)cc1. The second kappa shape index (κ2) is 5.69. The van der Waals surface area contributed by atoms with Crippen LogP contribution in [-0.2, 0) is 0 Å². The molecule has 0 N–H and O–H groups in total. The quantitative estimate of drug-likeness (QED) is 0.623. The highest BCUT2D eigenvalue weighted by Gasteiger charge is 2.11. The molecule has 0 saturated carbocycles. The molecule has 2 aromatic carbocycles. The number of rotatable bonds is 3. The van der Waals surface area contributed by atoms with E-state index in [0.717, 1.165) is 0 Å². The van der Waals surface area contributed by atoms with Crippen molar-refractivity contribution in [2.24, 2.45) is 0 Å². The van der Waals surface area contributed by atoms with E-state index in [-0.39, 0.29) is 0 Å². The summed E-state index contributed by atoms with van der Waals surface area (Å²) in [5, 5.41) is 8.69.